The van der Waals surface area contributed by atoms with Crippen LogP contribution in [0.2, 0.25) is 0 Å². The van der Waals surface area contributed by atoms with Gasteiger partial charge in [-0.3, -0.25) is 0 Å². The maximum absolute atomic E-state index is 5.83. The Morgan fingerprint density at radius 1 is 0.714 bits per heavy atom. The molecule has 3 rings (SSSR count). The van der Waals surface area contributed by atoms with Crippen LogP contribution in [0.3, 0.4) is 0 Å². The normalized spacial score (nSPS) is 9.38. The Bertz CT molecular complexity index is 617. The highest BCUT2D eigenvalue weighted by molar-refractivity contribution is 6.05. The van der Waals surface area contributed by atoms with Gasteiger partial charge in [0, 0.05) is 10.8 Å². The van der Waals surface area contributed by atoms with Gasteiger partial charge in [0.2, 0.25) is 0 Å². The molecule has 1 heteroatoms. The first-order valence-electron chi connectivity index (χ1n) is 7.93. The molecule has 0 N–H and O–H groups in total. The Balaban J connectivity index is 0.000000510. The zero-order valence-corrected chi connectivity index (χ0v) is 13.8. The minimum absolute atomic E-state index is 0.692. The average molecular weight is 282 g/mol. The Kier molecular flexibility index (Phi) is 7.31. The molecule has 3 aromatic rings. The summed E-state index contributed by atoms with van der Waals surface area (Å²) < 4.78 is 5.83. The lowest BCUT2D eigenvalue weighted by atomic mass is 10.0. The molecule has 0 saturated heterocycles. The molecule has 1 nitrogen and oxygen atoms in total. The lowest BCUT2D eigenvalue weighted by molar-refractivity contribution is 0.348. The van der Waals surface area contributed by atoms with Gasteiger partial charge in [-0.1, -0.05) is 76.2 Å². The average Bonchev–Trinajstić information content (AvgIpc) is 2.58. The van der Waals surface area contributed by atoms with Crippen LogP contribution < -0.4 is 4.74 Å². The quantitative estimate of drug-likeness (QED) is 0.491. The smallest absolute Gasteiger partial charge is 0.134 e. The van der Waals surface area contributed by atoms with Gasteiger partial charge in [0.15, 0.2) is 0 Å². The molecule has 0 spiro atoms. The number of rotatable bonds is 2. The molecule has 0 amide bonds. The molecule has 3 aromatic carbocycles. The van der Waals surface area contributed by atoms with Crippen molar-refractivity contribution < 1.29 is 4.74 Å². The van der Waals surface area contributed by atoms with Crippen LogP contribution in [-0.4, -0.2) is 6.61 Å². The van der Waals surface area contributed by atoms with Crippen LogP contribution in [-0.2, 0) is 0 Å². The molecule has 0 aliphatic carbocycles. The largest absolute Gasteiger partial charge is 0.493 e. The highest BCUT2D eigenvalue weighted by Gasteiger charge is 2.07. The van der Waals surface area contributed by atoms with E-state index in [-0.39, 0.29) is 0 Å². The van der Waals surface area contributed by atoms with Gasteiger partial charge in [-0.15, -0.1) is 0 Å². The van der Waals surface area contributed by atoms with E-state index in [9.17, 15) is 0 Å². The molecular formula is C20H26O. The summed E-state index contributed by atoms with van der Waals surface area (Å²) in [6.07, 6.45) is 0. The molecule has 0 radical (unpaired) electrons. The van der Waals surface area contributed by atoms with Gasteiger partial charge < -0.3 is 4.74 Å². The summed E-state index contributed by atoms with van der Waals surface area (Å²) in [5.41, 5.74) is 0. The third-order valence-corrected chi connectivity index (χ3v) is 3.01. The van der Waals surface area contributed by atoms with Crippen molar-refractivity contribution >= 4 is 21.5 Å². The zero-order chi connectivity index (χ0) is 15.7. The van der Waals surface area contributed by atoms with Crippen LogP contribution in [0.1, 0.15) is 34.6 Å². The van der Waals surface area contributed by atoms with Crippen molar-refractivity contribution in [3.63, 3.8) is 0 Å². The fourth-order valence-corrected chi connectivity index (χ4v) is 2.27. The third-order valence-electron chi connectivity index (χ3n) is 3.01. The molecule has 0 aliphatic heterocycles. The van der Waals surface area contributed by atoms with E-state index < -0.39 is 0 Å². The Morgan fingerprint density at radius 2 is 1.14 bits per heavy atom. The van der Waals surface area contributed by atoms with Crippen LogP contribution in [0.15, 0.2) is 54.6 Å². The molecule has 0 unspecified atom stereocenters. The summed E-state index contributed by atoms with van der Waals surface area (Å²) in [4.78, 5) is 0. The predicted molar refractivity (Wildman–Crippen MR) is 95.3 cm³/mol. The fraction of sp³-hybridized carbons (Fsp3) is 0.300. The Hall–Kier alpha value is -2.02. The molecule has 112 valence electrons. The highest BCUT2D eigenvalue weighted by Crippen LogP contribution is 2.34. The summed E-state index contributed by atoms with van der Waals surface area (Å²) in [5, 5.41) is 4.84. The summed E-state index contributed by atoms with van der Waals surface area (Å²) in [6, 6.07) is 18.9. The molecule has 0 aliphatic rings. The van der Waals surface area contributed by atoms with E-state index in [0.29, 0.717) is 6.61 Å². The van der Waals surface area contributed by atoms with Crippen LogP contribution in [0.5, 0.6) is 5.75 Å². The van der Waals surface area contributed by atoms with Crippen LogP contribution in [0.4, 0.5) is 0 Å². The number of ether oxygens (including phenoxy) is 1. The number of hydrogen-bond donors (Lipinski definition) is 0. The molecule has 21 heavy (non-hydrogen) atoms. The van der Waals surface area contributed by atoms with E-state index in [1.54, 1.807) is 0 Å². The summed E-state index contributed by atoms with van der Waals surface area (Å²) in [5.74, 6) is 1.00. The highest BCUT2D eigenvalue weighted by atomic mass is 16.5. The molecule has 0 heterocycles. The number of benzene rings is 3. The summed E-state index contributed by atoms with van der Waals surface area (Å²) >= 11 is 0. The molecular weight excluding hydrogens is 256 g/mol. The monoisotopic (exact) mass is 282 g/mol. The molecule has 0 aromatic heterocycles. The van der Waals surface area contributed by atoms with Gasteiger partial charge in [0.25, 0.3) is 0 Å². The van der Waals surface area contributed by atoms with E-state index >= 15 is 0 Å². The van der Waals surface area contributed by atoms with Gasteiger partial charge in [-0.2, -0.15) is 0 Å². The van der Waals surface area contributed by atoms with Crippen LogP contribution in [0, 0.1) is 0 Å². The third kappa shape index (κ3) is 3.75. The second-order valence-corrected chi connectivity index (χ2v) is 4.08. The lowest BCUT2D eigenvalue weighted by Crippen LogP contribution is -1.93. The van der Waals surface area contributed by atoms with Gasteiger partial charge in [0.1, 0.15) is 5.75 Å². The van der Waals surface area contributed by atoms with Crippen molar-refractivity contribution in [1.82, 2.24) is 0 Å². The van der Waals surface area contributed by atoms with Crippen molar-refractivity contribution in [3.05, 3.63) is 54.6 Å². The maximum Gasteiger partial charge on any atom is 0.134 e. The van der Waals surface area contributed by atoms with Crippen LogP contribution in [0.25, 0.3) is 21.5 Å². The SMILES string of the molecule is CC.CC.CCOc1c2ccccc2cc2ccccc12. The maximum atomic E-state index is 5.83. The second kappa shape index (κ2) is 9.02. The first-order valence-corrected chi connectivity index (χ1v) is 7.93. The van der Waals surface area contributed by atoms with E-state index in [2.05, 4.69) is 54.6 Å². The molecule has 0 atom stereocenters. The van der Waals surface area contributed by atoms with Crippen molar-refractivity contribution in [2.75, 3.05) is 6.61 Å². The standard InChI is InChI=1S/C16H14O.2C2H6/c1-2-17-16-14-9-5-3-7-12(14)11-13-8-4-6-10-15(13)16;2*1-2/h3-11H,2H2,1H3;2*1-2H3. The van der Waals surface area contributed by atoms with E-state index in [1.165, 1.54) is 21.5 Å². The predicted octanol–water partition coefficient (Wildman–Crippen LogP) is 6.44. The van der Waals surface area contributed by atoms with E-state index in [1.807, 2.05) is 34.6 Å². The second-order valence-electron chi connectivity index (χ2n) is 4.08. The molecule has 0 fully saturated rings. The summed E-state index contributed by atoms with van der Waals surface area (Å²) in [6.45, 7) is 10.7. The molecule has 0 bridgehead atoms. The summed E-state index contributed by atoms with van der Waals surface area (Å²) in [7, 11) is 0. The van der Waals surface area contributed by atoms with Gasteiger partial charge in [0.05, 0.1) is 6.61 Å². The van der Waals surface area contributed by atoms with Crippen molar-refractivity contribution in [1.29, 1.82) is 0 Å². The van der Waals surface area contributed by atoms with Gasteiger partial charge in [-0.25, -0.2) is 0 Å². The van der Waals surface area contributed by atoms with Gasteiger partial charge in [-0.05, 0) is 23.8 Å². The van der Waals surface area contributed by atoms with Gasteiger partial charge >= 0.3 is 0 Å². The zero-order valence-electron chi connectivity index (χ0n) is 13.8. The number of hydrogen-bond acceptors (Lipinski definition) is 1. The first kappa shape index (κ1) is 17.0. The minimum atomic E-state index is 0.692. The van der Waals surface area contributed by atoms with E-state index in [4.69, 9.17) is 4.74 Å². The lowest BCUT2D eigenvalue weighted by Gasteiger charge is -2.11. The Morgan fingerprint density at radius 3 is 1.57 bits per heavy atom. The topological polar surface area (TPSA) is 9.23 Å². The Labute approximate surface area is 128 Å². The van der Waals surface area contributed by atoms with Crippen molar-refractivity contribution in [3.8, 4) is 5.75 Å². The van der Waals surface area contributed by atoms with Crippen molar-refractivity contribution in [2.45, 2.75) is 34.6 Å². The molecule has 0 saturated carbocycles. The first-order chi connectivity index (χ1) is 10.4. The van der Waals surface area contributed by atoms with E-state index in [0.717, 1.165) is 5.75 Å². The fourth-order valence-electron chi connectivity index (χ4n) is 2.27. The van der Waals surface area contributed by atoms with Crippen LogP contribution >= 0.6 is 0 Å². The number of fused-ring (bicyclic) bond motifs is 2. The minimum Gasteiger partial charge on any atom is -0.493 e. The van der Waals surface area contributed by atoms with Crippen molar-refractivity contribution in [2.24, 2.45) is 0 Å².